The highest BCUT2D eigenvalue weighted by atomic mass is 16.2. The second-order valence-corrected chi connectivity index (χ2v) is 9.18. The van der Waals surface area contributed by atoms with Crippen molar-refractivity contribution in [3.8, 4) is 0 Å². The number of hydrogen-bond acceptors (Lipinski definition) is 5. The van der Waals surface area contributed by atoms with E-state index in [1.807, 2.05) is 55.9 Å². The van der Waals surface area contributed by atoms with Crippen molar-refractivity contribution in [3.05, 3.63) is 53.3 Å². The van der Waals surface area contributed by atoms with Gasteiger partial charge in [-0.15, -0.1) is 0 Å². The highest BCUT2D eigenvalue weighted by molar-refractivity contribution is 5.95. The normalized spacial score (nSPS) is 19.4. The Bertz CT molecular complexity index is 969. The van der Waals surface area contributed by atoms with Crippen molar-refractivity contribution in [2.24, 2.45) is 0 Å². The van der Waals surface area contributed by atoms with Crippen molar-refractivity contribution >= 4 is 17.8 Å². The van der Waals surface area contributed by atoms with Gasteiger partial charge in [0, 0.05) is 45.3 Å². The molecule has 1 N–H and O–H groups in total. The Morgan fingerprint density at radius 3 is 2.52 bits per heavy atom. The van der Waals surface area contributed by atoms with E-state index in [9.17, 15) is 9.59 Å². The third-order valence-corrected chi connectivity index (χ3v) is 6.22. The van der Waals surface area contributed by atoms with E-state index in [1.54, 1.807) is 6.20 Å². The summed E-state index contributed by atoms with van der Waals surface area (Å²) in [5, 5.41) is 2.95. The van der Waals surface area contributed by atoms with Gasteiger partial charge in [-0.3, -0.25) is 9.59 Å². The molecule has 2 amide bonds. The van der Waals surface area contributed by atoms with Gasteiger partial charge in [-0.2, -0.15) is 0 Å². The van der Waals surface area contributed by atoms with Crippen LogP contribution in [0, 0.1) is 0 Å². The predicted molar refractivity (Wildman–Crippen MR) is 120 cm³/mol. The van der Waals surface area contributed by atoms with Crippen LogP contribution >= 0.6 is 0 Å². The van der Waals surface area contributed by atoms with Crippen LogP contribution in [0.5, 0.6) is 0 Å². The second kappa shape index (κ2) is 8.29. The number of rotatable bonds is 6. The van der Waals surface area contributed by atoms with Gasteiger partial charge in [-0.25, -0.2) is 9.97 Å². The summed E-state index contributed by atoms with van der Waals surface area (Å²) in [6.07, 6.45) is 4.21. The number of amides is 2. The number of nitrogens with one attached hydrogen (secondary N) is 1. The quantitative estimate of drug-likeness (QED) is 0.776. The number of anilines is 1. The lowest BCUT2D eigenvalue weighted by molar-refractivity contribution is -0.132. The van der Waals surface area contributed by atoms with Gasteiger partial charge in [0.05, 0.1) is 16.7 Å². The SMILES string of the molecule is CC(C)NC(=O)c1cnc(N(C)C)nc1C1CCN(C(=O)C2(c3ccccc3)CC2)C1. The molecule has 2 heterocycles. The van der Waals surface area contributed by atoms with Crippen molar-refractivity contribution in [2.45, 2.75) is 50.5 Å². The van der Waals surface area contributed by atoms with Gasteiger partial charge in [0.1, 0.15) is 0 Å². The first kappa shape index (κ1) is 21.3. The van der Waals surface area contributed by atoms with Crippen LogP contribution in [0.15, 0.2) is 36.5 Å². The molecule has 31 heavy (non-hydrogen) atoms. The number of hydrogen-bond donors (Lipinski definition) is 1. The Kier molecular flexibility index (Phi) is 5.69. The van der Waals surface area contributed by atoms with Crippen molar-refractivity contribution in [3.63, 3.8) is 0 Å². The summed E-state index contributed by atoms with van der Waals surface area (Å²) in [5.74, 6) is 0.633. The van der Waals surface area contributed by atoms with Gasteiger partial charge in [-0.1, -0.05) is 30.3 Å². The van der Waals surface area contributed by atoms with E-state index in [0.29, 0.717) is 24.6 Å². The fraction of sp³-hybridized carbons (Fsp3) is 0.500. The summed E-state index contributed by atoms with van der Waals surface area (Å²) in [6, 6.07) is 10.1. The molecule has 1 aromatic carbocycles. The molecule has 2 aromatic rings. The molecule has 1 aromatic heterocycles. The van der Waals surface area contributed by atoms with Crippen molar-refractivity contribution in [1.29, 1.82) is 0 Å². The fourth-order valence-corrected chi connectivity index (χ4v) is 4.41. The Morgan fingerprint density at radius 1 is 1.19 bits per heavy atom. The molecule has 1 aliphatic heterocycles. The van der Waals surface area contributed by atoms with Gasteiger partial charge in [-0.05, 0) is 38.7 Å². The third-order valence-electron chi connectivity index (χ3n) is 6.22. The van der Waals surface area contributed by atoms with Gasteiger partial charge in [0.2, 0.25) is 11.9 Å². The van der Waals surface area contributed by atoms with Gasteiger partial charge >= 0.3 is 0 Å². The van der Waals surface area contributed by atoms with E-state index >= 15 is 0 Å². The first-order chi connectivity index (χ1) is 14.8. The average Bonchev–Trinajstić information content (AvgIpc) is 3.42. The Morgan fingerprint density at radius 2 is 1.90 bits per heavy atom. The molecule has 0 bridgehead atoms. The largest absolute Gasteiger partial charge is 0.350 e. The Labute approximate surface area is 183 Å². The molecule has 1 saturated carbocycles. The molecule has 7 heteroatoms. The number of carbonyl (C=O) groups is 2. The van der Waals surface area contributed by atoms with Crippen LogP contribution in [-0.4, -0.2) is 59.9 Å². The maximum atomic E-state index is 13.5. The van der Waals surface area contributed by atoms with Crippen molar-refractivity contribution in [1.82, 2.24) is 20.2 Å². The highest BCUT2D eigenvalue weighted by Gasteiger charge is 2.53. The van der Waals surface area contributed by atoms with Crippen LogP contribution in [0.25, 0.3) is 0 Å². The molecule has 7 nitrogen and oxygen atoms in total. The van der Waals surface area contributed by atoms with Crippen LogP contribution in [0.2, 0.25) is 0 Å². The number of likely N-dealkylation sites (tertiary alicyclic amines) is 1. The smallest absolute Gasteiger partial charge is 0.254 e. The molecule has 0 radical (unpaired) electrons. The minimum absolute atomic E-state index is 0.0186. The molecule has 1 aliphatic carbocycles. The minimum Gasteiger partial charge on any atom is -0.350 e. The summed E-state index contributed by atoms with van der Waals surface area (Å²) in [7, 11) is 3.77. The van der Waals surface area contributed by atoms with Crippen LogP contribution in [0.1, 0.15) is 60.6 Å². The monoisotopic (exact) mass is 421 g/mol. The lowest BCUT2D eigenvalue weighted by Gasteiger charge is -2.24. The molecule has 1 saturated heterocycles. The number of aromatic nitrogens is 2. The highest BCUT2D eigenvalue weighted by Crippen LogP contribution is 2.50. The van der Waals surface area contributed by atoms with Crippen LogP contribution < -0.4 is 10.2 Å². The molecule has 164 valence electrons. The summed E-state index contributed by atoms with van der Waals surface area (Å²) in [4.78, 5) is 39.1. The molecule has 2 fully saturated rings. The van der Waals surface area contributed by atoms with E-state index < -0.39 is 0 Å². The van der Waals surface area contributed by atoms with Crippen LogP contribution in [-0.2, 0) is 10.2 Å². The first-order valence-corrected chi connectivity index (χ1v) is 11.0. The van der Waals surface area contributed by atoms with Gasteiger partial charge in [0.15, 0.2) is 0 Å². The van der Waals surface area contributed by atoms with E-state index in [2.05, 4.69) is 22.4 Å². The summed E-state index contributed by atoms with van der Waals surface area (Å²) in [5.41, 5.74) is 1.98. The van der Waals surface area contributed by atoms with Crippen LogP contribution in [0.3, 0.4) is 0 Å². The maximum absolute atomic E-state index is 13.5. The molecular weight excluding hydrogens is 390 g/mol. The maximum Gasteiger partial charge on any atom is 0.254 e. The van der Waals surface area contributed by atoms with Gasteiger partial charge in [0.25, 0.3) is 5.91 Å². The van der Waals surface area contributed by atoms with Crippen LogP contribution in [0.4, 0.5) is 5.95 Å². The predicted octanol–water partition coefficient (Wildman–Crippen LogP) is 2.73. The average molecular weight is 422 g/mol. The molecule has 1 atom stereocenters. The zero-order valence-electron chi connectivity index (χ0n) is 18.8. The molecule has 4 rings (SSSR count). The Balaban J connectivity index is 1.58. The molecule has 2 aliphatic rings. The topological polar surface area (TPSA) is 78.4 Å². The molecule has 1 unspecified atom stereocenters. The summed E-state index contributed by atoms with van der Waals surface area (Å²) in [6.45, 7) is 5.13. The van der Waals surface area contributed by atoms with E-state index in [1.165, 1.54) is 0 Å². The van der Waals surface area contributed by atoms with E-state index in [4.69, 9.17) is 4.98 Å². The third kappa shape index (κ3) is 4.13. The lowest BCUT2D eigenvalue weighted by atomic mass is 9.94. The zero-order chi connectivity index (χ0) is 22.2. The first-order valence-electron chi connectivity index (χ1n) is 11.0. The summed E-state index contributed by atoms with van der Waals surface area (Å²) < 4.78 is 0. The fourth-order valence-electron chi connectivity index (χ4n) is 4.41. The number of carbonyl (C=O) groups excluding carboxylic acids is 2. The molecule has 0 spiro atoms. The zero-order valence-corrected chi connectivity index (χ0v) is 18.8. The van der Waals surface area contributed by atoms with Crippen molar-refractivity contribution in [2.75, 3.05) is 32.1 Å². The molecular formula is C24H31N5O2. The minimum atomic E-state index is -0.367. The lowest BCUT2D eigenvalue weighted by Crippen LogP contribution is -2.38. The van der Waals surface area contributed by atoms with Gasteiger partial charge < -0.3 is 15.1 Å². The van der Waals surface area contributed by atoms with E-state index in [-0.39, 0.29) is 29.2 Å². The number of nitrogens with zero attached hydrogens (tertiary/aromatic N) is 4. The standard InChI is InChI=1S/C24H31N5O2/c1-16(2)26-21(30)19-14-25-23(28(3)4)27-20(19)17-10-13-29(15-17)22(31)24(11-12-24)18-8-6-5-7-9-18/h5-9,14,16-17H,10-13,15H2,1-4H3,(H,26,30). The van der Waals surface area contributed by atoms with Crippen molar-refractivity contribution < 1.29 is 9.59 Å². The second-order valence-electron chi connectivity index (χ2n) is 9.18. The van der Waals surface area contributed by atoms with E-state index in [0.717, 1.165) is 30.5 Å². The summed E-state index contributed by atoms with van der Waals surface area (Å²) >= 11 is 0. The number of benzene rings is 1. The Hall–Kier alpha value is -2.96.